The minimum atomic E-state index is -3.60. The van der Waals surface area contributed by atoms with Crippen LogP contribution < -0.4 is 10.0 Å². The second-order valence-electron chi connectivity index (χ2n) is 6.42. The number of hydrogen-bond acceptors (Lipinski definition) is 3. The molecule has 0 aromatic heterocycles. The molecule has 1 amide bonds. The van der Waals surface area contributed by atoms with E-state index < -0.39 is 10.0 Å². The molecule has 0 radical (unpaired) electrons. The molecule has 0 aliphatic heterocycles. The van der Waals surface area contributed by atoms with E-state index >= 15 is 0 Å². The van der Waals surface area contributed by atoms with Crippen molar-refractivity contribution in [3.8, 4) is 11.1 Å². The van der Waals surface area contributed by atoms with E-state index in [-0.39, 0.29) is 16.8 Å². The lowest BCUT2D eigenvalue weighted by atomic mass is 10.0. The zero-order chi connectivity index (χ0) is 20.1. The van der Waals surface area contributed by atoms with E-state index in [1.165, 1.54) is 19.2 Å². The Kier molecular flexibility index (Phi) is 5.92. The maximum absolute atomic E-state index is 12.6. The van der Waals surface area contributed by atoms with Gasteiger partial charge in [-0.15, -0.1) is 0 Å². The lowest BCUT2D eigenvalue weighted by molar-refractivity contribution is 0.0939. The molecule has 6 heteroatoms. The largest absolute Gasteiger partial charge is 0.346 e. The normalized spacial score (nSPS) is 12.4. The lowest BCUT2D eigenvalue weighted by Gasteiger charge is -2.15. The van der Waals surface area contributed by atoms with Gasteiger partial charge in [-0.05, 0) is 48.9 Å². The minimum absolute atomic E-state index is 0.0579. The van der Waals surface area contributed by atoms with Gasteiger partial charge < -0.3 is 5.32 Å². The predicted molar refractivity (Wildman–Crippen MR) is 110 cm³/mol. The van der Waals surface area contributed by atoms with Crippen molar-refractivity contribution in [2.75, 3.05) is 7.05 Å². The fraction of sp³-hybridized carbons (Fsp3) is 0.136. The maximum Gasteiger partial charge on any atom is 0.251 e. The number of sulfonamides is 1. The predicted octanol–water partition coefficient (Wildman–Crippen LogP) is 3.75. The Bertz CT molecular complexity index is 1060. The summed E-state index contributed by atoms with van der Waals surface area (Å²) in [5, 5.41) is 2.91. The van der Waals surface area contributed by atoms with Gasteiger partial charge >= 0.3 is 0 Å². The van der Waals surface area contributed by atoms with Crippen molar-refractivity contribution in [2.45, 2.75) is 17.9 Å². The van der Waals surface area contributed by atoms with Crippen LogP contribution in [0.25, 0.3) is 11.1 Å². The third-order valence-electron chi connectivity index (χ3n) is 4.54. The Hall–Kier alpha value is -2.96. The van der Waals surface area contributed by atoms with Gasteiger partial charge in [-0.1, -0.05) is 60.7 Å². The third kappa shape index (κ3) is 4.47. The standard InChI is InChI=1S/C22H22N2O3S/c1-16(17-11-13-19(14-12-17)18-7-4-3-5-8-18)24-22(25)20-9-6-10-21(15-20)28(26,27)23-2/h3-16,23H,1-2H3,(H,24,25). The summed E-state index contributed by atoms with van der Waals surface area (Å²) in [7, 11) is -2.26. The number of hydrogen-bond donors (Lipinski definition) is 2. The van der Waals surface area contributed by atoms with Gasteiger partial charge in [0, 0.05) is 5.56 Å². The van der Waals surface area contributed by atoms with Gasteiger partial charge in [0.1, 0.15) is 0 Å². The number of carbonyl (C=O) groups excluding carboxylic acids is 1. The Morgan fingerprint density at radius 3 is 2.14 bits per heavy atom. The van der Waals surface area contributed by atoms with E-state index in [1.54, 1.807) is 12.1 Å². The Morgan fingerprint density at radius 1 is 0.857 bits per heavy atom. The fourth-order valence-corrected chi connectivity index (χ4v) is 3.66. The van der Waals surface area contributed by atoms with Gasteiger partial charge in [0.05, 0.1) is 10.9 Å². The first-order chi connectivity index (χ1) is 13.4. The molecule has 5 nitrogen and oxygen atoms in total. The molecule has 0 saturated carbocycles. The van der Waals surface area contributed by atoms with E-state index in [4.69, 9.17) is 0 Å². The number of carbonyl (C=O) groups is 1. The average Bonchev–Trinajstić information content (AvgIpc) is 2.74. The zero-order valence-electron chi connectivity index (χ0n) is 15.7. The topological polar surface area (TPSA) is 75.3 Å². The summed E-state index contributed by atoms with van der Waals surface area (Å²) in [5.74, 6) is -0.326. The second-order valence-corrected chi connectivity index (χ2v) is 8.31. The molecule has 0 heterocycles. The molecular formula is C22H22N2O3S. The summed E-state index contributed by atoms with van der Waals surface area (Å²) in [4.78, 5) is 12.6. The highest BCUT2D eigenvalue weighted by atomic mass is 32.2. The average molecular weight is 394 g/mol. The number of nitrogens with one attached hydrogen (secondary N) is 2. The minimum Gasteiger partial charge on any atom is -0.346 e. The molecule has 3 rings (SSSR count). The first-order valence-electron chi connectivity index (χ1n) is 8.90. The van der Waals surface area contributed by atoms with Crippen LogP contribution in [0.2, 0.25) is 0 Å². The van der Waals surface area contributed by atoms with E-state index in [1.807, 2.05) is 61.5 Å². The lowest BCUT2D eigenvalue weighted by Crippen LogP contribution is -2.27. The quantitative estimate of drug-likeness (QED) is 0.669. The fourth-order valence-electron chi connectivity index (χ4n) is 2.88. The summed E-state index contributed by atoms with van der Waals surface area (Å²) >= 11 is 0. The van der Waals surface area contributed by atoms with E-state index in [9.17, 15) is 13.2 Å². The molecule has 0 spiro atoms. The Balaban J connectivity index is 1.73. The van der Waals surface area contributed by atoms with Crippen molar-refractivity contribution in [2.24, 2.45) is 0 Å². The SMILES string of the molecule is CNS(=O)(=O)c1cccc(C(=O)NC(C)c2ccc(-c3ccccc3)cc2)c1. The molecule has 28 heavy (non-hydrogen) atoms. The van der Waals surface area contributed by atoms with E-state index in [0.29, 0.717) is 5.56 Å². The van der Waals surface area contributed by atoms with Gasteiger partial charge in [0.25, 0.3) is 5.91 Å². The van der Waals surface area contributed by atoms with Crippen molar-refractivity contribution >= 4 is 15.9 Å². The van der Waals surface area contributed by atoms with E-state index in [2.05, 4.69) is 10.0 Å². The zero-order valence-corrected chi connectivity index (χ0v) is 16.5. The molecule has 2 N–H and O–H groups in total. The highest BCUT2D eigenvalue weighted by molar-refractivity contribution is 7.89. The van der Waals surface area contributed by atoms with Gasteiger partial charge in [-0.3, -0.25) is 4.79 Å². The molecule has 0 fully saturated rings. The van der Waals surface area contributed by atoms with Gasteiger partial charge in [0.2, 0.25) is 10.0 Å². The van der Waals surface area contributed by atoms with Crippen LogP contribution in [0.15, 0.2) is 83.8 Å². The molecular weight excluding hydrogens is 372 g/mol. The molecule has 3 aromatic rings. The summed E-state index contributed by atoms with van der Waals surface area (Å²) in [5.41, 5.74) is 3.50. The van der Waals surface area contributed by atoms with Crippen molar-refractivity contribution in [1.29, 1.82) is 0 Å². The highest BCUT2D eigenvalue weighted by Gasteiger charge is 2.16. The number of benzene rings is 3. The van der Waals surface area contributed by atoms with E-state index in [0.717, 1.165) is 16.7 Å². The third-order valence-corrected chi connectivity index (χ3v) is 5.95. The van der Waals surface area contributed by atoms with Crippen molar-refractivity contribution in [3.63, 3.8) is 0 Å². The smallest absolute Gasteiger partial charge is 0.251 e. The van der Waals surface area contributed by atoms with Crippen LogP contribution in [-0.2, 0) is 10.0 Å². The number of rotatable bonds is 6. The van der Waals surface area contributed by atoms with Gasteiger partial charge in [-0.25, -0.2) is 13.1 Å². The summed E-state index contributed by atoms with van der Waals surface area (Å²) < 4.78 is 26.1. The van der Waals surface area contributed by atoms with Crippen LogP contribution in [-0.4, -0.2) is 21.4 Å². The molecule has 1 unspecified atom stereocenters. The highest BCUT2D eigenvalue weighted by Crippen LogP contribution is 2.22. The van der Waals surface area contributed by atoms with Crippen molar-refractivity contribution in [1.82, 2.24) is 10.0 Å². The van der Waals surface area contributed by atoms with Crippen LogP contribution >= 0.6 is 0 Å². The molecule has 0 saturated heterocycles. The molecule has 144 valence electrons. The summed E-state index contributed by atoms with van der Waals surface area (Å²) in [6.45, 7) is 1.89. The van der Waals surface area contributed by atoms with Crippen LogP contribution in [0.4, 0.5) is 0 Å². The molecule has 0 aliphatic carbocycles. The molecule has 0 bridgehead atoms. The number of amides is 1. The Labute approximate surface area is 165 Å². The maximum atomic E-state index is 12.6. The van der Waals surface area contributed by atoms with Gasteiger partial charge in [0.15, 0.2) is 0 Å². The first kappa shape index (κ1) is 19.8. The monoisotopic (exact) mass is 394 g/mol. The Morgan fingerprint density at radius 2 is 1.50 bits per heavy atom. The van der Waals surface area contributed by atoms with Gasteiger partial charge in [-0.2, -0.15) is 0 Å². The second kappa shape index (κ2) is 8.37. The molecule has 3 aromatic carbocycles. The van der Waals surface area contributed by atoms with Crippen molar-refractivity contribution in [3.05, 3.63) is 90.0 Å². The summed E-state index contributed by atoms with van der Waals surface area (Å²) in [6, 6.07) is 23.8. The van der Waals surface area contributed by atoms with Crippen LogP contribution in [0.1, 0.15) is 28.9 Å². The summed E-state index contributed by atoms with van der Waals surface area (Å²) in [6.07, 6.45) is 0. The van der Waals surface area contributed by atoms with Crippen LogP contribution in [0, 0.1) is 0 Å². The van der Waals surface area contributed by atoms with Crippen LogP contribution in [0.3, 0.4) is 0 Å². The first-order valence-corrected chi connectivity index (χ1v) is 10.4. The molecule has 0 aliphatic rings. The molecule has 1 atom stereocenters. The van der Waals surface area contributed by atoms with Crippen molar-refractivity contribution < 1.29 is 13.2 Å². The van der Waals surface area contributed by atoms with Crippen LogP contribution in [0.5, 0.6) is 0 Å².